The van der Waals surface area contributed by atoms with E-state index in [9.17, 15) is 4.79 Å². The average Bonchev–Trinajstić information content (AvgIpc) is 3.20. The Morgan fingerprint density at radius 3 is 2.45 bits per heavy atom. The maximum atomic E-state index is 13.1. The molecular formula is C25H29N3O2S. The zero-order valence-corrected chi connectivity index (χ0v) is 19.0. The number of hydrogen-bond donors (Lipinski definition) is 0. The lowest BCUT2D eigenvalue weighted by Crippen LogP contribution is -2.35. The normalized spacial score (nSPS) is 15.0. The molecule has 1 aliphatic rings. The lowest BCUT2D eigenvalue weighted by molar-refractivity contribution is 0.0756. The minimum Gasteiger partial charge on any atom is -0.497 e. The van der Waals surface area contributed by atoms with Crippen molar-refractivity contribution in [3.63, 3.8) is 0 Å². The van der Waals surface area contributed by atoms with Gasteiger partial charge in [0.15, 0.2) is 0 Å². The number of carbonyl (C=O) groups is 1. The summed E-state index contributed by atoms with van der Waals surface area (Å²) in [6.07, 6.45) is 1.99. The van der Waals surface area contributed by atoms with Gasteiger partial charge in [0, 0.05) is 43.7 Å². The minimum absolute atomic E-state index is 0.0407. The first-order valence-electron chi connectivity index (χ1n) is 10.9. The zero-order valence-electron chi connectivity index (χ0n) is 18.2. The Hall–Kier alpha value is -2.70. The lowest BCUT2D eigenvalue weighted by Gasteiger charge is -2.21. The predicted octanol–water partition coefficient (Wildman–Crippen LogP) is 4.73. The van der Waals surface area contributed by atoms with Crippen molar-refractivity contribution in [1.29, 1.82) is 0 Å². The molecule has 6 heteroatoms. The van der Waals surface area contributed by atoms with Crippen LogP contribution in [0.3, 0.4) is 0 Å². The molecule has 4 rings (SSSR count). The van der Waals surface area contributed by atoms with Crippen LogP contribution in [0.15, 0.2) is 53.9 Å². The Morgan fingerprint density at radius 2 is 1.74 bits per heavy atom. The Labute approximate surface area is 188 Å². The third-order valence-electron chi connectivity index (χ3n) is 5.77. The monoisotopic (exact) mass is 435 g/mol. The third kappa shape index (κ3) is 5.32. The van der Waals surface area contributed by atoms with E-state index in [1.807, 2.05) is 22.4 Å². The smallest absolute Gasteiger partial charge is 0.273 e. The molecule has 0 aliphatic carbocycles. The van der Waals surface area contributed by atoms with E-state index in [0.29, 0.717) is 5.69 Å². The Morgan fingerprint density at radius 1 is 1.00 bits per heavy atom. The van der Waals surface area contributed by atoms with Crippen molar-refractivity contribution in [2.75, 3.05) is 33.3 Å². The molecule has 1 amide bonds. The van der Waals surface area contributed by atoms with Crippen molar-refractivity contribution >= 4 is 17.2 Å². The second kappa shape index (κ2) is 10.1. The van der Waals surface area contributed by atoms with Crippen molar-refractivity contribution in [2.45, 2.75) is 26.3 Å². The fourth-order valence-electron chi connectivity index (χ4n) is 3.87. The number of thiazole rings is 1. The van der Waals surface area contributed by atoms with Gasteiger partial charge >= 0.3 is 0 Å². The molecule has 0 saturated carbocycles. The quantitative estimate of drug-likeness (QED) is 0.562. The van der Waals surface area contributed by atoms with Crippen molar-refractivity contribution in [3.05, 3.63) is 70.7 Å². The molecule has 2 aromatic carbocycles. The van der Waals surface area contributed by atoms with Crippen molar-refractivity contribution in [1.82, 2.24) is 14.8 Å². The average molecular weight is 436 g/mol. The van der Waals surface area contributed by atoms with Crippen LogP contribution in [0.1, 0.15) is 35.0 Å². The van der Waals surface area contributed by atoms with Gasteiger partial charge in [-0.05, 0) is 36.1 Å². The zero-order chi connectivity index (χ0) is 21.6. The summed E-state index contributed by atoms with van der Waals surface area (Å²) in [5.41, 5.74) is 4.20. The highest BCUT2D eigenvalue weighted by Gasteiger charge is 2.22. The molecule has 5 nitrogen and oxygen atoms in total. The van der Waals surface area contributed by atoms with Gasteiger partial charge < -0.3 is 9.64 Å². The molecule has 1 aromatic heterocycles. The van der Waals surface area contributed by atoms with E-state index in [1.165, 1.54) is 22.5 Å². The van der Waals surface area contributed by atoms with Crippen molar-refractivity contribution < 1.29 is 9.53 Å². The minimum atomic E-state index is 0.0407. The van der Waals surface area contributed by atoms with Crippen molar-refractivity contribution in [2.24, 2.45) is 0 Å². The van der Waals surface area contributed by atoms with Crippen LogP contribution in [0.25, 0.3) is 10.6 Å². The fraction of sp³-hybridized carbons (Fsp3) is 0.360. The number of aryl methyl sites for hydroxylation is 1. The van der Waals surface area contributed by atoms with Crippen LogP contribution >= 0.6 is 11.3 Å². The van der Waals surface area contributed by atoms with E-state index >= 15 is 0 Å². The van der Waals surface area contributed by atoms with Crippen LogP contribution in [0, 0.1) is 0 Å². The predicted molar refractivity (Wildman–Crippen MR) is 126 cm³/mol. The number of hydrogen-bond acceptors (Lipinski definition) is 5. The van der Waals surface area contributed by atoms with E-state index in [0.717, 1.165) is 61.9 Å². The first kappa shape index (κ1) is 21.5. The molecule has 0 unspecified atom stereocenters. The van der Waals surface area contributed by atoms with Gasteiger partial charge in [-0.3, -0.25) is 9.69 Å². The van der Waals surface area contributed by atoms with Crippen LogP contribution in [0.5, 0.6) is 5.75 Å². The third-order valence-corrected chi connectivity index (χ3v) is 6.66. The summed E-state index contributed by atoms with van der Waals surface area (Å²) in [7, 11) is 1.68. The molecule has 0 atom stereocenters. The number of carbonyl (C=O) groups excluding carboxylic acids is 1. The first-order chi connectivity index (χ1) is 15.2. The Bertz CT molecular complexity index is 998. The summed E-state index contributed by atoms with van der Waals surface area (Å²) in [6, 6.07) is 16.7. The summed E-state index contributed by atoms with van der Waals surface area (Å²) in [4.78, 5) is 22.1. The maximum absolute atomic E-state index is 13.1. The molecule has 0 N–H and O–H groups in total. The van der Waals surface area contributed by atoms with E-state index < -0.39 is 0 Å². The van der Waals surface area contributed by atoms with E-state index in [-0.39, 0.29) is 5.91 Å². The summed E-state index contributed by atoms with van der Waals surface area (Å²) in [6.45, 7) is 6.40. The van der Waals surface area contributed by atoms with Gasteiger partial charge in [-0.2, -0.15) is 0 Å². The van der Waals surface area contributed by atoms with Gasteiger partial charge in [-0.1, -0.05) is 43.3 Å². The Kier molecular flexibility index (Phi) is 6.99. The molecule has 1 fully saturated rings. The van der Waals surface area contributed by atoms with Crippen LogP contribution in [-0.4, -0.2) is 54.0 Å². The van der Waals surface area contributed by atoms with Crippen LogP contribution in [-0.2, 0) is 13.0 Å². The number of methoxy groups -OCH3 is 1. The van der Waals surface area contributed by atoms with Gasteiger partial charge in [-0.15, -0.1) is 11.3 Å². The SMILES string of the molecule is CCc1ccc(-c2nc(C(=O)N3CCCN(Cc4ccc(OC)cc4)CC3)cs2)cc1. The molecule has 31 heavy (non-hydrogen) atoms. The van der Waals surface area contributed by atoms with E-state index in [1.54, 1.807) is 7.11 Å². The highest BCUT2D eigenvalue weighted by atomic mass is 32.1. The number of nitrogens with zero attached hydrogens (tertiary/aromatic N) is 3. The second-order valence-corrected chi connectivity index (χ2v) is 8.72. The number of ether oxygens (including phenoxy) is 1. The van der Waals surface area contributed by atoms with Crippen molar-refractivity contribution in [3.8, 4) is 16.3 Å². The Balaban J connectivity index is 1.36. The van der Waals surface area contributed by atoms with E-state index in [4.69, 9.17) is 4.74 Å². The lowest BCUT2D eigenvalue weighted by atomic mass is 10.1. The number of amides is 1. The van der Waals surface area contributed by atoms with Crippen LogP contribution in [0.4, 0.5) is 0 Å². The fourth-order valence-corrected chi connectivity index (χ4v) is 4.67. The van der Waals surface area contributed by atoms with Crippen LogP contribution < -0.4 is 4.74 Å². The highest BCUT2D eigenvalue weighted by molar-refractivity contribution is 7.13. The summed E-state index contributed by atoms with van der Waals surface area (Å²) < 4.78 is 5.24. The molecule has 0 bridgehead atoms. The summed E-state index contributed by atoms with van der Waals surface area (Å²) in [5.74, 6) is 0.916. The maximum Gasteiger partial charge on any atom is 0.273 e. The van der Waals surface area contributed by atoms with Gasteiger partial charge in [0.25, 0.3) is 5.91 Å². The van der Waals surface area contributed by atoms with Crippen LogP contribution in [0.2, 0.25) is 0 Å². The molecule has 0 spiro atoms. The standard InChI is InChI=1S/C25H29N3O2S/c1-3-19-5-9-21(10-6-19)24-26-23(18-31-24)25(29)28-14-4-13-27(15-16-28)17-20-7-11-22(30-2)12-8-20/h5-12,18H,3-4,13-17H2,1-2H3. The van der Waals surface area contributed by atoms with Gasteiger partial charge in [-0.25, -0.2) is 4.98 Å². The number of rotatable bonds is 6. The number of benzene rings is 2. The van der Waals surface area contributed by atoms with E-state index in [2.05, 4.69) is 53.2 Å². The van der Waals surface area contributed by atoms with Gasteiger partial charge in [0.2, 0.25) is 0 Å². The molecule has 0 radical (unpaired) electrons. The van der Waals surface area contributed by atoms with Gasteiger partial charge in [0.1, 0.15) is 16.5 Å². The highest BCUT2D eigenvalue weighted by Crippen LogP contribution is 2.25. The molecule has 3 aromatic rings. The summed E-state index contributed by atoms with van der Waals surface area (Å²) >= 11 is 1.54. The molecule has 1 aliphatic heterocycles. The molecule has 2 heterocycles. The molecular weight excluding hydrogens is 406 g/mol. The molecule has 1 saturated heterocycles. The first-order valence-corrected chi connectivity index (χ1v) is 11.7. The topological polar surface area (TPSA) is 45.7 Å². The largest absolute Gasteiger partial charge is 0.497 e. The number of aromatic nitrogens is 1. The second-order valence-electron chi connectivity index (χ2n) is 7.86. The molecule has 162 valence electrons. The van der Waals surface area contributed by atoms with Gasteiger partial charge in [0.05, 0.1) is 7.11 Å². The summed E-state index contributed by atoms with van der Waals surface area (Å²) in [5, 5.41) is 2.80.